The summed E-state index contributed by atoms with van der Waals surface area (Å²) in [4.78, 5) is 11.7. The summed E-state index contributed by atoms with van der Waals surface area (Å²) >= 11 is 0. The highest BCUT2D eigenvalue weighted by molar-refractivity contribution is 5.80. The molecule has 2 aromatic carbocycles. The highest BCUT2D eigenvalue weighted by Gasteiger charge is 2.21. The number of anilines is 1. The number of aryl methyl sites for hydroxylation is 4. The van der Waals surface area contributed by atoms with E-state index in [-0.39, 0.29) is 0 Å². The Morgan fingerprint density at radius 2 is 1.73 bits per heavy atom. The number of imidazole rings is 1. The van der Waals surface area contributed by atoms with Gasteiger partial charge in [-0.05, 0) is 81.0 Å². The van der Waals surface area contributed by atoms with Crippen LogP contribution in [0.2, 0.25) is 0 Å². The summed E-state index contributed by atoms with van der Waals surface area (Å²) in [6.45, 7) is 9.44. The summed E-state index contributed by atoms with van der Waals surface area (Å²) in [6, 6.07) is 13.4. The van der Waals surface area contributed by atoms with Crippen LogP contribution in [0.1, 0.15) is 35.4 Å². The fourth-order valence-electron chi connectivity index (χ4n) is 4.58. The summed E-state index contributed by atoms with van der Waals surface area (Å²) in [5, 5.41) is 7.57. The molecule has 7 nitrogen and oxygen atoms in total. The van der Waals surface area contributed by atoms with Crippen LogP contribution in [0.4, 0.5) is 5.95 Å². The van der Waals surface area contributed by atoms with Gasteiger partial charge in [0.25, 0.3) is 5.89 Å². The summed E-state index contributed by atoms with van der Waals surface area (Å²) in [5.74, 6) is 2.22. The highest BCUT2D eigenvalue weighted by Crippen LogP contribution is 2.24. The van der Waals surface area contributed by atoms with Crippen LogP contribution in [0.25, 0.3) is 22.5 Å². The van der Waals surface area contributed by atoms with Gasteiger partial charge in [0.15, 0.2) is 5.82 Å². The largest absolute Gasteiger partial charge is 0.353 e. The van der Waals surface area contributed by atoms with E-state index in [9.17, 15) is 0 Å². The molecule has 0 amide bonds. The number of fused-ring (bicyclic) bond motifs is 1. The lowest BCUT2D eigenvalue weighted by molar-refractivity contribution is 0.221. The standard InChI is InChI=1S/C26H32N6O/c1-17-15-23-24(16-18(17)2)31(4)26(29-23)28-22-10-13-32(14-11-22)12-9-20-5-7-21(8-6-20)25-27-19(3)30-33-25/h5-8,15-16,22H,9-14H2,1-4H3,(H,28,29). The van der Waals surface area contributed by atoms with Crippen LogP contribution < -0.4 is 5.32 Å². The Morgan fingerprint density at radius 3 is 2.42 bits per heavy atom. The second-order valence-corrected chi connectivity index (χ2v) is 9.27. The van der Waals surface area contributed by atoms with E-state index in [4.69, 9.17) is 9.51 Å². The van der Waals surface area contributed by atoms with Gasteiger partial charge in [0, 0.05) is 38.3 Å². The first-order chi connectivity index (χ1) is 16.0. The maximum atomic E-state index is 5.25. The van der Waals surface area contributed by atoms with E-state index in [1.54, 1.807) is 0 Å². The molecule has 0 aliphatic carbocycles. The maximum Gasteiger partial charge on any atom is 0.257 e. The monoisotopic (exact) mass is 444 g/mol. The summed E-state index contributed by atoms with van der Waals surface area (Å²) < 4.78 is 7.44. The number of hydrogen-bond donors (Lipinski definition) is 1. The van der Waals surface area contributed by atoms with E-state index in [2.05, 4.69) is 82.2 Å². The van der Waals surface area contributed by atoms with Crippen LogP contribution in [0.3, 0.4) is 0 Å². The SMILES string of the molecule is Cc1noc(-c2ccc(CCN3CCC(Nc4nc5cc(C)c(C)cc5n4C)CC3)cc2)n1. The van der Waals surface area contributed by atoms with Gasteiger partial charge in [-0.2, -0.15) is 4.98 Å². The average Bonchev–Trinajstić information content (AvgIpc) is 3.38. The van der Waals surface area contributed by atoms with Gasteiger partial charge in [-0.3, -0.25) is 0 Å². The molecule has 1 N–H and O–H groups in total. The van der Waals surface area contributed by atoms with E-state index in [0.29, 0.717) is 17.8 Å². The van der Waals surface area contributed by atoms with E-state index >= 15 is 0 Å². The Labute approximate surface area is 194 Å². The number of rotatable bonds is 6. The number of aromatic nitrogens is 4. The number of likely N-dealkylation sites (tertiary alicyclic amines) is 1. The van der Waals surface area contributed by atoms with Crippen LogP contribution in [-0.4, -0.2) is 50.3 Å². The van der Waals surface area contributed by atoms with Crippen LogP contribution in [-0.2, 0) is 13.5 Å². The van der Waals surface area contributed by atoms with Crippen LogP contribution in [0.15, 0.2) is 40.9 Å². The Balaban J connectivity index is 1.13. The molecule has 1 aliphatic rings. The molecular weight excluding hydrogens is 412 g/mol. The van der Waals surface area contributed by atoms with Crippen molar-refractivity contribution in [3.63, 3.8) is 0 Å². The Morgan fingerprint density at radius 1 is 1.00 bits per heavy atom. The Kier molecular flexibility index (Phi) is 5.89. The number of benzene rings is 2. The molecule has 2 aromatic heterocycles. The lowest BCUT2D eigenvalue weighted by atomic mass is 10.0. The first-order valence-electron chi connectivity index (χ1n) is 11.8. The molecule has 4 aromatic rings. The van der Waals surface area contributed by atoms with Crippen molar-refractivity contribution in [2.24, 2.45) is 7.05 Å². The number of piperidine rings is 1. The molecule has 0 radical (unpaired) electrons. The number of nitrogens with one attached hydrogen (secondary N) is 1. The fraction of sp³-hybridized carbons (Fsp3) is 0.423. The van der Waals surface area contributed by atoms with Crippen molar-refractivity contribution < 1.29 is 4.52 Å². The van der Waals surface area contributed by atoms with Gasteiger partial charge in [0.2, 0.25) is 5.95 Å². The quantitative estimate of drug-likeness (QED) is 0.466. The highest BCUT2D eigenvalue weighted by atomic mass is 16.5. The van der Waals surface area contributed by atoms with Crippen LogP contribution in [0, 0.1) is 20.8 Å². The molecule has 0 saturated carbocycles. The molecule has 172 valence electrons. The van der Waals surface area contributed by atoms with Gasteiger partial charge in [0.05, 0.1) is 11.0 Å². The molecule has 1 aliphatic heterocycles. The summed E-state index contributed by atoms with van der Waals surface area (Å²) in [7, 11) is 2.10. The molecule has 5 rings (SSSR count). The van der Waals surface area contributed by atoms with Crippen molar-refractivity contribution in [2.45, 2.75) is 46.1 Å². The zero-order valence-electron chi connectivity index (χ0n) is 19.9. The molecule has 0 atom stereocenters. The van der Waals surface area contributed by atoms with Crippen molar-refractivity contribution >= 4 is 17.0 Å². The van der Waals surface area contributed by atoms with Crippen molar-refractivity contribution in [3.8, 4) is 11.5 Å². The summed E-state index contributed by atoms with van der Waals surface area (Å²) in [6.07, 6.45) is 3.32. The summed E-state index contributed by atoms with van der Waals surface area (Å²) in [5.41, 5.74) is 7.17. The van der Waals surface area contributed by atoms with Crippen molar-refractivity contribution in [2.75, 3.05) is 25.0 Å². The fourth-order valence-corrected chi connectivity index (χ4v) is 4.58. The van der Waals surface area contributed by atoms with E-state index in [1.807, 2.05) is 6.92 Å². The third kappa shape index (κ3) is 4.64. The molecule has 1 saturated heterocycles. The number of hydrogen-bond acceptors (Lipinski definition) is 6. The van der Waals surface area contributed by atoms with Crippen molar-refractivity contribution in [1.82, 2.24) is 24.6 Å². The van der Waals surface area contributed by atoms with E-state index < -0.39 is 0 Å². The maximum absolute atomic E-state index is 5.25. The average molecular weight is 445 g/mol. The Hall–Kier alpha value is -3.19. The lowest BCUT2D eigenvalue weighted by Gasteiger charge is -2.32. The molecule has 0 bridgehead atoms. The zero-order valence-corrected chi connectivity index (χ0v) is 19.9. The van der Waals surface area contributed by atoms with Crippen LogP contribution >= 0.6 is 0 Å². The van der Waals surface area contributed by atoms with Crippen molar-refractivity contribution in [3.05, 3.63) is 58.9 Å². The van der Waals surface area contributed by atoms with Gasteiger partial charge >= 0.3 is 0 Å². The van der Waals surface area contributed by atoms with E-state index in [1.165, 1.54) is 22.2 Å². The molecule has 3 heterocycles. The molecular formula is C26H32N6O. The predicted octanol–water partition coefficient (Wildman–Crippen LogP) is 4.67. The molecule has 0 unspecified atom stereocenters. The predicted molar refractivity (Wildman–Crippen MR) is 131 cm³/mol. The minimum Gasteiger partial charge on any atom is -0.353 e. The molecule has 33 heavy (non-hydrogen) atoms. The van der Waals surface area contributed by atoms with Gasteiger partial charge in [-0.25, -0.2) is 4.98 Å². The molecule has 1 fully saturated rings. The topological polar surface area (TPSA) is 72.0 Å². The second-order valence-electron chi connectivity index (χ2n) is 9.27. The van der Waals surface area contributed by atoms with Gasteiger partial charge < -0.3 is 19.3 Å². The lowest BCUT2D eigenvalue weighted by Crippen LogP contribution is -2.40. The second kappa shape index (κ2) is 8.98. The van der Waals surface area contributed by atoms with Crippen molar-refractivity contribution in [1.29, 1.82) is 0 Å². The van der Waals surface area contributed by atoms with Gasteiger partial charge in [0.1, 0.15) is 0 Å². The zero-order chi connectivity index (χ0) is 22.9. The molecule has 0 spiro atoms. The van der Waals surface area contributed by atoms with E-state index in [0.717, 1.165) is 55.9 Å². The normalized spacial score (nSPS) is 15.4. The smallest absolute Gasteiger partial charge is 0.257 e. The van der Waals surface area contributed by atoms with Crippen LogP contribution in [0.5, 0.6) is 0 Å². The minimum atomic E-state index is 0.469. The third-order valence-corrected chi connectivity index (χ3v) is 6.86. The van der Waals surface area contributed by atoms with Gasteiger partial charge in [-0.1, -0.05) is 17.3 Å². The first kappa shape index (κ1) is 21.6. The first-order valence-corrected chi connectivity index (χ1v) is 11.8. The van der Waals surface area contributed by atoms with Gasteiger partial charge in [-0.15, -0.1) is 0 Å². The Bertz CT molecular complexity index is 1250. The third-order valence-electron chi connectivity index (χ3n) is 6.86. The molecule has 7 heteroatoms. The minimum absolute atomic E-state index is 0.469. The number of nitrogens with zero attached hydrogens (tertiary/aromatic N) is 5.